The molecule has 1 N–H and O–H groups in total. The van der Waals surface area contributed by atoms with E-state index in [1.807, 2.05) is 12.4 Å². The van der Waals surface area contributed by atoms with E-state index in [0.29, 0.717) is 0 Å². The highest BCUT2D eigenvalue weighted by Gasteiger charge is 2.18. The molecule has 0 atom stereocenters. The number of pyridine rings is 1. The number of benzene rings is 1. The number of hydrogen-bond acceptors (Lipinski definition) is 2. The van der Waals surface area contributed by atoms with E-state index in [4.69, 9.17) is 0 Å². The van der Waals surface area contributed by atoms with Crippen molar-refractivity contribution in [1.82, 2.24) is 10.3 Å². The molecule has 2 heteroatoms. The Kier molecular flexibility index (Phi) is 4.12. The Morgan fingerprint density at radius 3 is 2.55 bits per heavy atom. The topological polar surface area (TPSA) is 24.9 Å². The summed E-state index contributed by atoms with van der Waals surface area (Å²) >= 11 is 0. The molecule has 20 heavy (non-hydrogen) atoms. The van der Waals surface area contributed by atoms with E-state index >= 15 is 0 Å². The predicted octanol–water partition coefficient (Wildman–Crippen LogP) is 4.13. The lowest BCUT2D eigenvalue weighted by Crippen LogP contribution is -2.11. The van der Waals surface area contributed by atoms with Crippen LogP contribution in [0.15, 0.2) is 42.7 Å². The third kappa shape index (κ3) is 2.91. The first-order valence-corrected chi connectivity index (χ1v) is 7.62. The van der Waals surface area contributed by atoms with Crippen LogP contribution in [0.2, 0.25) is 0 Å². The average Bonchev–Trinajstić information content (AvgIpc) is 2.44. The van der Waals surface area contributed by atoms with Crippen molar-refractivity contribution in [3.8, 4) is 11.1 Å². The lowest BCUT2D eigenvalue weighted by Gasteiger charge is -2.25. The first-order chi connectivity index (χ1) is 9.86. The molecule has 1 aliphatic rings. The molecule has 3 rings (SSSR count). The Morgan fingerprint density at radius 1 is 1.10 bits per heavy atom. The molecule has 1 fully saturated rings. The van der Waals surface area contributed by atoms with Gasteiger partial charge in [-0.15, -0.1) is 0 Å². The van der Waals surface area contributed by atoms with Crippen LogP contribution in [-0.4, -0.2) is 11.5 Å². The first-order valence-electron chi connectivity index (χ1n) is 7.62. The summed E-state index contributed by atoms with van der Waals surface area (Å²) in [5.74, 6) is 0.808. The minimum atomic E-state index is 0.808. The van der Waals surface area contributed by atoms with Crippen LogP contribution in [-0.2, 0) is 6.54 Å². The molecule has 1 saturated carbocycles. The van der Waals surface area contributed by atoms with E-state index in [1.54, 1.807) is 0 Å². The second kappa shape index (κ2) is 6.19. The van der Waals surface area contributed by atoms with Gasteiger partial charge < -0.3 is 5.32 Å². The van der Waals surface area contributed by atoms with Gasteiger partial charge in [-0.05, 0) is 48.1 Å². The molecule has 0 saturated heterocycles. The Bertz CT molecular complexity index is 556. The Morgan fingerprint density at radius 2 is 1.90 bits per heavy atom. The van der Waals surface area contributed by atoms with E-state index in [0.717, 1.165) is 19.0 Å². The second-order valence-electron chi connectivity index (χ2n) is 5.61. The molecular formula is C18H22N2. The maximum atomic E-state index is 4.36. The smallest absolute Gasteiger partial charge is 0.0346 e. The number of nitrogens with zero attached hydrogens (tertiary/aromatic N) is 1. The lowest BCUT2D eigenvalue weighted by molar-refractivity contribution is 0.420. The molecule has 0 bridgehead atoms. The summed E-state index contributed by atoms with van der Waals surface area (Å²) in [6.07, 6.45) is 8.00. The van der Waals surface area contributed by atoms with Gasteiger partial charge in [0.1, 0.15) is 0 Å². The number of aromatic nitrogens is 1. The average molecular weight is 266 g/mol. The fourth-order valence-corrected chi connectivity index (χ4v) is 2.70. The third-order valence-electron chi connectivity index (χ3n) is 4.19. The number of rotatable bonds is 5. The quantitative estimate of drug-likeness (QED) is 0.880. The predicted molar refractivity (Wildman–Crippen MR) is 83.6 cm³/mol. The molecule has 1 aliphatic carbocycles. The van der Waals surface area contributed by atoms with Gasteiger partial charge in [-0.2, -0.15) is 0 Å². The van der Waals surface area contributed by atoms with Crippen molar-refractivity contribution in [2.24, 2.45) is 0 Å². The van der Waals surface area contributed by atoms with Crippen LogP contribution in [0.4, 0.5) is 0 Å². The van der Waals surface area contributed by atoms with Gasteiger partial charge in [0, 0.05) is 24.5 Å². The Hall–Kier alpha value is -1.67. The summed E-state index contributed by atoms with van der Waals surface area (Å²) < 4.78 is 0. The van der Waals surface area contributed by atoms with Crippen molar-refractivity contribution >= 4 is 0 Å². The summed E-state index contributed by atoms with van der Waals surface area (Å²) in [7, 11) is 0. The van der Waals surface area contributed by atoms with E-state index in [9.17, 15) is 0 Å². The minimum absolute atomic E-state index is 0.808. The Balaban J connectivity index is 1.77. The van der Waals surface area contributed by atoms with Crippen molar-refractivity contribution in [1.29, 1.82) is 0 Å². The highest BCUT2D eigenvalue weighted by atomic mass is 14.8. The zero-order chi connectivity index (χ0) is 13.8. The van der Waals surface area contributed by atoms with Gasteiger partial charge in [0.2, 0.25) is 0 Å². The second-order valence-corrected chi connectivity index (χ2v) is 5.61. The summed E-state index contributed by atoms with van der Waals surface area (Å²) in [6.45, 7) is 3.99. The van der Waals surface area contributed by atoms with Crippen molar-refractivity contribution < 1.29 is 0 Å². The maximum Gasteiger partial charge on any atom is 0.0346 e. The van der Waals surface area contributed by atoms with Crippen molar-refractivity contribution in [3.05, 3.63) is 53.9 Å². The summed E-state index contributed by atoms with van der Waals surface area (Å²) in [4.78, 5) is 4.36. The van der Waals surface area contributed by atoms with Gasteiger partial charge >= 0.3 is 0 Å². The van der Waals surface area contributed by atoms with Crippen LogP contribution in [0.5, 0.6) is 0 Å². The van der Waals surface area contributed by atoms with Gasteiger partial charge in [0.15, 0.2) is 0 Å². The largest absolute Gasteiger partial charge is 0.313 e. The highest BCUT2D eigenvalue weighted by molar-refractivity contribution is 5.63. The molecule has 0 aliphatic heterocycles. The van der Waals surface area contributed by atoms with Gasteiger partial charge in [-0.1, -0.05) is 37.6 Å². The van der Waals surface area contributed by atoms with Gasteiger partial charge in [0.25, 0.3) is 0 Å². The van der Waals surface area contributed by atoms with Crippen LogP contribution >= 0.6 is 0 Å². The fourth-order valence-electron chi connectivity index (χ4n) is 2.70. The third-order valence-corrected chi connectivity index (χ3v) is 4.19. The number of hydrogen-bond donors (Lipinski definition) is 1. The van der Waals surface area contributed by atoms with Gasteiger partial charge in [-0.25, -0.2) is 0 Å². The molecule has 1 heterocycles. The molecule has 1 aromatic heterocycles. The summed E-state index contributed by atoms with van der Waals surface area (Å²) in [6, 6.07) is 11.3. The van der Waals surface area contributed by atoms with E-state index < -0.39 is 0 Å². The molecule has 0 unspecified atom stereocenters. The van der Waals surface area contributed by atoms with Crippen LogP contribution in [0.1, 0.15) is 43.2 Å². The summed E-state index contributed by atoms with van der Waals surface area (Å²) in [5, 5.41) is 3.34. The molecule has 0 spiro atoms. The standard InChI is InChI=1S/C18H22N2/c1-2-19-11-14-10-18(13-20-12-14)17-8-6-16(7-9-17)15-4-3-5-15/h6-10,12-13,15,19H,2-5,11H2,1H3. The molecule has 2 aromatic rings. The minimum Gasteiger partial charge on any atom is -0.313 e. The van der Waals surface area contributed by atoms with Crippen molar-refractivity contribution in [3.63, 3.8) is 0 Å². The molecule has 2 nitrogen and oxygen atoms in total. The van der Waals surface area contributed by atoms with Crippen LogP contribution in [0.25, 0.3) is 11.1 Å². The first kappa shape index (κ1) is 13.3. The van der Waals surface area contributed by atoms with Gasteiger partial charge in [0.05, 0.1) is 0 Å². The SMILES string of the molecule is CCNCc1cncc(-c2ccc(C3CCC3)cc2)c1. The highest BCUT2D eigenvalue weighted by Crippen LogP contribution is 2.36. The van der Waals surface area contributed by atoms with Crippen molar-refractivity contribution in [2.45, 2.75) is 38.6 Å². The lowest BCUT2D eigenvalue weighted by atomic mass is 9.80. The van der Waals surface area contributed by atoms with E-state index in [2.05, 4.69) is 47.6 Å². The fraction of sp³-hybridized carbons (Fsp3) is 0.389. The monoisotopic (exact) mass is 266 g/mol. The van der Waals surface area contributed by atoms with Gasteiger partial charge in [-0.3, -0.25) is 4.98 Å². The maximum absolute atomic E-state index is 4.36. The zero-order valence-corrected chi connectivity index (χ0v) is 12.1. The normalized spacial score (nSPS) is 15.1. The molecule has 104 valence electrons. The van der Waals surface area contributed by atoms with Crippen LogP contribution in [0, 0.1) is 0 Å². The van der Waals surface area contributed by atoms with Crippen molar-refractivity contribution in [2.75, 3.05) is 6.54 Å². The van der Waals surface area contributed by atoms with E-state index in [-0.39, 0.29) is 0 Å². The molecule has 1 aromatic carbocycles. The van der Waals surface area contributed by atoms with E-state index in [1.165, 1.54) is 41.5 Å². The molecule has 0 radical (unpaired) electrons. The van der Waals surface area contributed by atoms with Crippen LogP contribution < -0.4 is 5.32 Å². The zero-order valence-electron chi connectivity index (χ0n) is 12.1. The molecular weight excluding hydrogens is 244 g/mol. The Labute approximate surface area is 121 Å². The number of nitrogens with one attached hydrogen (secondary N) is 1. The van der Waals surface area contributed by atoms with Crippen LogP contribution in [0.3, 0.4) is 0 Å². The molecule has 0 amide bonds. The summed E-state index contributed by atoms with van der Waals surface area (Å²) in [5.41, 5.74) is 5.21.